The zero-order valence-corrected chi connectivity index (χ0v) is 16.8. The van der Waals surface area contributed by atoms with Crippen LogP contribution in [0.5, 0.6) is 5.75 Å². The monoisotopic (exact) mass is 398 g/mol. The third kappa shape index (κ3) is 7.29. The summed E-state index contributed by atoms with van der Waals surface area (Å²) in [4.78, 5) is 36.9. The predicted octanol–water partition coefficient (Wildman–Crippen LogP) is 2.78. The highest BCUT2D eigenvalue weighted by Gasteiger charge is 2.29. The van der Waals surface area contributed by atoms with Gasteiger partial charge < -0.3 is 20.1 Å². The highest BCUT2D eigenvalue weighted by molar-refractivity contribution is 5.95. The van der Waals surface area contributed by atoms with Crippen LogP contribution in [0.4, 0.5) is 5.69 Å². The molecule has 2 aromatic carbocycles. The Morgan fingerprint density at radius 1 is 0.897 bits per heavy atom. The summed E-state index contributed by atoms with van der Waals surface area (Å²) in [5.41, 5.74) is 0.604. The lowest BCUT2D eigenvalue weighted by Crippen LogP contribution is -2.48. The van der Waals surface area contributed by atoms with Crippen LogP contribution in [0.3, 0.4) is 0 Å². The summed E-state index contributed by atoms with van der Waals surface area (Å²) in [5.74, 6) is -1.26. The standard InChI is InChI=1S/C22H26N2O5/c1-15(2)20(24-19(25)14-28-18-12-8-5-9-13-18)22(27)29-16(3)21(26)23-17-10-6-4-7-11-17/h4-13,15-16,20H,14H2,1-3H3,(H,23,26)(H,24,25)/t16-,20-/m0/s1. The Balaban J connectivity index is 1.87. The largest absolute Gasteiger partial charge is 0.484 e. The number of para-hydroxylation sites is 2. The highest BCUT2D eigenvalue weighted by Crippen LogP contribution is 2.11. The average molecular weight is 398 g/mol. The van der Waals surface area contributed by atoms with Crippen LogP contribution >= 0.6 is 0 Å². The van der Waals surface area contributed by atoms with E-state index in [-0.39, 0.29) is 12.5 Å². The van der Waals surface area contributed by atoms with Crippen molar-refractivity contribution in [3.05, 3.63) is 60.7 Å². The van der Waals surface area contributed by atoms with Gasteiger partial charge in [-0.1, -0.05) is 50.2 Å². The lowest BCUT2D eigenvalue weighted by atomic mass is 10.0. The zero-order chi connectivity index (χ0) is 21.2. The summed E-state index contributed by atoms with van der Waals surface area (Å²) in [6.07, 6.45) is -1.01. The molecule has 7 nitrogen and oxygen atoms in total. The minimum absolute atomic E-state index is 0.229. The number of carbonyl (C=O) groups excluding carboxylic acids is 3. The summed E-state index contributed by atoms with van der Waals surface area (Å²) < 4.78 is 10.7. The van der Waals surface area contributed by atoms with Crippen LogP contribution in [-0.4, -0.2) is 36.5 Å². The molecule has 0 aliphatic rings. The van der Waals surface area contributed by atoms with Gasteiger partial charge in [0.15, 0.2) is 12.7 Å². The second-order valence-corrected chi connectivity index (χ2v) is 6.83. The predicted molar refractivity (Wildman–Crippen MR) is 109 cm³/mol. The van der Waals surface area contributed by atoms with Gasteiger partial charge >= 0.3 is 5.97 Å². The lowest BCUT2D eigenvalue weighted by Gasteiger charge is -2.23. The maximum absolute atomic E-state index is 12.5. The van der Waals surface area contributed by atoms with E-state index < -0.39 is 29.9 Å². The molecule has 0 aliphatic carbocycles. The van der Waals surface area contributed by atoms with E-state index in [4.69, 9.17) is 9.47 Å². The van der Waals surface area contributed by atoms with E-state index in [1.807, 2.05) is 12.1 Å². The van der Waals surface area contributed by atoms with Crippen LogP contribution in [-0.2, 0) is 19.1 Å². The molecule has 0 saturated heterocycles. The molecular formula is C22H26N2O5. The van der Waals surface area contributed by atoms with Gasteiger partial charge in [-0.15, -0.1) is 0 Å². The molecule has 7 heteroatoms. The molecule has 0 saturated carbocycles. The number of esters is 1. The molecule has 0 radical (unpaired) electrons. The van der Waals surface area contributed by atoms with Gasteiger partial charge in [-0.3, -0.25) is 9.59 Å². The first-order chi connectivity index (χ1) is 13.9. The first-order valence-corrected chi connectivity index (χ1v) is 9.40. The van der Waals surface area contributed by atoms with E-state index in [9.17, 15) is 14.4 Å². The minimum Gasteiger partial charge on any atom is -0.484 e. The third-order valence-corrected chi connectivity index (χ3v) is 4.05. The van der Waals surface area contributed by atoms with Gasteiger partial charge in [0, 0.05) is 5.69 Å². The van der Waals surface area contributed by atoms with Crippen molar-refractivity contribution in [3.8, 4) is 5.75 Å². The van der Waals surface area contributed by atoms with E-state index in [0.29, 0.717) is 11.4 Å². The SMILES string of the molecule is CC(C)[C@H](NC(=O)COc1ccccc1)C(=O)O[C@@H](C)C(=O)Nc1ccccc1. The normalized spacial score (nSPS) is 12.6. The molecule has 0 fully saturated rings. The van der Waals surface area contributed by atoms with Crippen LogP contribution in [0.2, 0.25) is 0 Å². The molecule has 2 N–H and O–H groups in total. The second kappa shape index (κ2) is 10.8. The first-order valence-electron chi connectivity index (χ1n) is 9.40. The molecule has 2 atom stereocenters. The Hall–Kier alpha value is -3.35. The molecule has 0 aromatic heterocycles. The van der Waals surface area contributed by atoms with Crippen LogP contribution < -0.4 is 15.4 Å². The topological polar surface area (TPSA) is 93.7 Å². The van der Waals surface area contributed by atoms with Crippen molar-refractivity contribution in [2.24, 2.45) is 5.92 Å². The molecule has 0 unspecified atom stereocenters. The lowest BCUT2D eigenvalue weighted by molar-refractivity contribution is -0.157. The van der Waals surface area contributed by atoms with E-state index >= 15 is 0 Å². The van der Waals surface area contributed by atoms with Crippen molar-refractivity contribution in [1.29, 1.82) is 0 Å². The minimum atomic E-state index is -1.01. The zero-order valence-electron chi connectivity index (χ0n) is 16.8. The van der Waals surface area contributed by atoms with E-state index in [1.165, 1.54) is 6.92 Å². The van der Waals surface area contributed by atoms with Crippen LogP contribution in [0.1, 0.15) is 20.8 Å². The molecule has 0 bridgehead atoms. The van der Waals surface area contributed by atoms with Gasteiger partial charge in [0.05, 0.1) is 0 Å². The number of hydrogen-bond acceptors (Lipinski definition) is 5. The number of carbonyl (C=O) groups is 3. The maximum Gasteiger partial charge on any atom is 0.329 e. The van der Waals surface area contributed by atoms with E-state index in [2.05, 4.69) is 10.6 Å². The summed E-state index contributed by atoms with van der Waals surface area (Å²) in [6.45, 7) is 4.80. The van der Waals surface area contributed by atoms with Crippen LogP contribution in [0, 0.1) is 5.92 Å². The highest BCUT2D eigenvalue weighted by atomic mass is 16.5. The Morgan fingerprint density at radius 2 is 1.48 bits per heavy atom. The molecule has 154 valence electrons. The van der Waals surface area contributed by atoms with Crippen LogP contribution in [0.15, 0.2) is 60.7 Å². The first kappa shape index (κ1) is 21.9. The maximum atomic E-state index is 12.5. The van der Waals surface area contributed by atoms with Gasteiger partial charge in [0.1, 0.15) is 11.8 Å². The molecule has 0 heterocycles. The van der Waals surface area contributed by atoms with Crippen molar-refractivity contribution in [2.45, 2.75) is 32.9 Å². The molecule has 2 aromatic rings. The van der Waals surface area contributed by atoms with Gasteiger partial charge in [-0.05, 0) is 37.1 Å². The van der Waals surface area contributed by atoms with Gasteiger partial charge in [-0.25, -0.2) is 4.79 Å². The molecule has 2 amide bonds. The number of anilines is 1. The second-order valence-electron chi connectivity index (χ2n) is 6.83. The summed E-state index contributed by atoms with van der Waals surface area (Å²) >= 11 is 0. The number of nitrogens with one attached hydrogen (secondary N) is 2. The fraction of sp³-hybridized carbons (Fsp3) is 0.318. The summed E-state index contributed by atoms with van der Waals surface area (Å²) in [5, 5.41) is 5.28. The summed E-state index contributed by atoms with van der Waals surface area (Å²) in [6, 6.07) is 16.9. The van der Waals surface area contributed by atoms with Crippen molar-refractivity contribution in [2.75, 3.05) is 11.9 Å². The van der Waals surface area contributed by atoms with E-state index in [1.54, 1.807) is 62.4 Å². The Kier molecular flexibility index (Phi) is 8.21. The smallest absolute Gasteiger partial charge is 0.329 e. The number of rotatable bonds is 9. The Morgan fingerprint density at radius 3 is 2.07 bits per heavy atom. The number of amides is 2. The summed E-state index contributed by atoms with van der Waals surface area (Å²) in [7, 11) is 0. The van der Waals surface area contributed by atoms with Crippen molar-refractivity contribution < 1.29 is 23.9 Å². The van der Waals surface area contributed by atoms with Gasteiger partial charge in [-0.2, -0.15) is 0 Å². The molecule has 0 spiro atoms. The Bertz CT molecular complexity index is 808. The molecule has 29 heavy (non-hydrogen) atoms. The third-order valence-electron chi connectivity index (χ3n) is 4.05. The Labute approximate surface area is 170 Å². The average Bonchev–Trinajstić information content (AvgIpc) is 2.71. The fourth-order valence-corrected chi connectivity index (χ4v) is 2.44. The van der Waals surface area contributed by atoms with Crippen LogP contribution in [0.25, 0.3) is 0 Å². The van der Waals surface area contributed by atoms with Crippen molar-refractivity contribution in [1.82, 2.24) is 5.32 Å². The number of hydrogen-bond donors (Lipinski definition) is 2. The van der Waals surface area contributed by atoms with Crippen molar-refractivity contribution in [3.63, 3.8) is 0 Å². The van der Waals surface area contributed by atoms with Gasteiger partial charge in [0.25, 0.3) is 11.8 Å². The number of ether oxygens (including phenoxy) is 2. The quantitative estimate of drug-likeness (QED) is 0.634. The van der Waals surface area contributed by atoms with Crippen molar-refractivity contribution >= 4 is 23.5 Å². The molecule has 0 aliphatic heterocycles. The number of benzene rings is 2. The fourth-order valence-electron chi connectivity index (χ4n) is 2.44. The molecular weight excluding hydrogens is 372 g/mol. The van der Waals surface area contributed by atoms with Gasteiger partial charge in [0.2, 0.25) is 0 Å². The molecule has 2 rings (SSSR count). The van der Waals surface area contributed by atoms with E-state index in [0.717, 1.165) is 0 Å².